The first-order valence-corrected chi connectivity index (χ1v) is 11.3. The molecule has 0 bridgehead atoms. The van der Waals surface area contributed by atoms with Gasteiger partial charge in [-0.3, -0.25) is 0 Å². The van der Waals surface area contributed by atoms with Crippen LogP contribution in [-0.4, -0.2) is 22.0 Å². The number of nitrogens with zero attached hydrogens (tertiary/aromatic N) is 2. The molecular weight excluding hydrogens is 360 g/mol. The monoisotopic (exact) mass is 394 g/mol. The lowest BCUT2D eigenvalue weighted by Gasteiger charge is -2.28. The number of ether oxygens (including phenoxy) is 1. The summed E-state index contributed by atoms with van der Waals surface area (Å²) in [5.74, 6) is 1.29. The number of hydrogen-bond acceptors (Lipinski definition) is 4. The molecule has 1 heterocycles. The number of hydrogen-bond donors (Lipinski definition) is 0. The van der Waals surface area contributed by atoms with Crippen LogP contribution in [-0.2, 0) is 11.2 Å². The summed E-state index contributed by atoms with van der Waals surface area (Å²) < 4.78 is 5.74. The quantitative estimate of drug-likeness (QED) is 0.365. The number of benzene rings is 1. The summed E-state index contributed by atoms with van der Waals surface area (Å²) in [5, 5.41) is 0. The summed E-state index contributed by atoms with van der Waals surface area (Å²) in [4.78, 5) is 21.5. The van der Waals surface area contributed by atoms with Crippen LogP contribution in [0.15, 0.2) is 36.7 Å². The zero-order valence-corrected chi connectivity index (χ0v) is 17.9. The second-order valence-electron chi connectivity index (χ2n) is 8.29. The summed E-state index contributed by atoms with van der Waals surface area (Å²) in [7, 11) is 0. The van der Waals surface area contributed by atoms with Crippen molar-refractivity contribution in [2.45, 2.75) is 84.2 Å². The highest BCUT2D eigenvalue weighted by atomic mass is 16.5. The van der Waals surface area contributed by atoms with Gasteiger partial charge in [0.05, 0.1) is 5.56 Å². The van der Waals surface area contributed by atoms with E-state index >= 15 is 0 Å². The van der Waals surface area contributed by atoms with E-state index in [9.17, 15) is 4.79 Å². The molecule has 0 saturated heterocycles. The molecule has 1 aromatic heterocycles. The van der Waals surface area contributed by atoms with Gasteiger partial charge in [-0.25, -0.2) is 14.8 Å². The van der Waals surface area contributed by atoms with Crippen molar-refractivity contribution in [3.8, 4) is 11.4 Å². The van der Waals surface area contributed by atoms with Gasteiger partial charge in [-0.15, -0.1) is 0 Å². The van der Waals surface area contributed by atoms with Crippen LogP contribution in [0.1, 0.15) is 87.6 Å². The number of carbonyl (C=O) groups excluding carboxylic acids is 1. The van der Waals surface area contributed by atoms with Crippen molar-refractivity contribution in [1.29, 1.82) is 0 Å². The SMILES string of the molecule is CCCCCc1cnc(-c2ccc(C(=O)O[C@H]3CC[C@H](CCC)CC3)cc2)nc1. The van der Waals surface area contributed by atoms with Gasteiger partial charge in [0.15, 0.2) is 5.82 Å². The van der Waals surface area contributed by atoms with Crippen LogP contribution >= 0.6 is 0 Å². The van der Waals surface area contributed by atoms with Crippen molar-refractivity contribution in [2.24, 2.45) is 5.92 Å². The average molecular weight is 395 g/mol. The molecule has 1 aliphatic rings. The third-order valence-electron chi connectivity index (χ3n) is 5.92. The number of rotatable bonds is 9. The lowest BCUT2D eigenvalue weighted by atomic mass is 9.85. The van der Waals surface area contributed by atoms with Gasteiger partial charge >= 0.3 is 5.97 Å². The summed E-state index contributed by atoms with van der Waals surface area (Å²) in [6.45, 7) is 4.44. The Morgan fingerprint density at radius 1 is 0.966 bits per heavy atom. The van der Waals surface area contributed by atoms with E-state index in [1.165, 1.54) is 50.5 Å². The van der Waals surface area contributed by atoms with E-state index in [-0.39, 0.29) is 12.1 Å². The van der Waals surface area contributed by atoms with Crippen LogP contribution in [0.25, 0.3) is 11.4 Å². The Hall–Kier alpha value is -2.23. The van der Waals surface area contributed by atoms with Gasteiger partial charge in [0, 0.05) is 18.0 Å². The minimum Gasteiger partial charge on any atom is -0.459 e. The Morgan fingerprint density at radius 2 is 1.66 bits per heavy atom. The molecule has 0 radical (unpaired) electrons. The molecular formula is C25H34N2O2. The van der Waals surface area contributed by atoms with Gasteiger partial charge in [-0.05, 0) is 62.1 Å². The van der Waals surface area contributed by atoms with E-state index in [1.54, 1.807) is 0 Å². The molecule has 156 valence electrons. The van der Waals surface area contributed by atoms with Crippen LogP contribution < -0.4 is 0 Å². The van der Waals surface area contributed by atoms with Crippen LogP contribution in [0.5, 0.6) is 0 Å². The molecule has 1 aromatic carbocycles. The van der Waals surface area contributed by atoms with E-state index < -0.39 is 0 Å². The topological polar surface area (TPSA) is 52.1 Å². The molecule has 1 fully saturated rings. The Bertz CT molecular complexity index is 747. The Morgan fingerprint density at radius 3 is 2.28 bits per heavy atom. The van der Waals surface area contributed by atoms with Crippen molar-refractivity contribution in [2.75, 3.05) is 0 Å². The van der Waals surface area contributed by atoms with Crippen molar-refractivity contribution in [3.63, 3.8) is 0 Å². The standard InChI is InChI=1S/C25H34N2O2/c1-3-5-6-8-20-17-26-24(27-18-20)21-11-13-22(14-12-21)25(28)29-23-15-9-19(7-4-2)10-16-23/h11-14,17-19,23H,3-10,15-16H2,1-2H3/t19-,23-. The summed E-state index contributed by atoms with van der Waals surface area (Å²) in [6.07, 6.45) is 15.4. The molecule has 0 atom stereocenters. The Kier molecular flexibility index (Phi) is 8.21. The number of esters is 1. The van der Waals surface area contributed by atoms with Crippen LogP contribution in [0, 0.1) is 5.92 Å². The molecule has 0 spiro atoms. The lowest BCUT2D eigenvalue weighted by molar-refractivity contribution is 0.0161. The maximum absolute atomic E-state index is 12.5. The fourth-order valence-corrected chi connectivity index (χ4v) is 4.13. The van der Waals surface area contributed by atoms with Gasteiger partial charge in [0.25, 0.3) is 0 Å². The third kappa shape index (κ3) is 6.38. The largest absolute Gasteiger partial charge is 0.459 e. The molecule has 29 heavy (non-hydrogen) atoms. The highest BCUT2D eigenvalue weighted by molar-refractivity contribution is 5.90. The molecule has 0 aliphatic heterocycles. The molecule has 0 unspecified atom stereocenters. The normalized spacial score (nSPS) is 19.1. The smallest absolute Gasteiger partial charge is 0.338 e. The first-order chi connectivity index (χ1) is 14.2. The molecule has 1 aliphatic carbocycles. The third-order valence-corrected chi connectivity index (χ3v) is 5.92. The van der Waals surface area contributed by atoms with Crippen LogP contribution in [0.2, 0.25) is 0 Å². The zero-order valence-electron chi connectivity index (χ0n) is 17.9. The predicted octanol–water partition coefficient (Wildman–Crippen LogP) is 6.39. The van der Waals surface area contributed by atoms with Crippen molar-refractivity contribution < 1.29 is 9.53 Å². The molecule has 0 amide bonds. The van der Waals surface area contributed by atoms with Gasteiger partial charge in [-0.2, -0.15) is 0 Å². The summed E-state index contributed by atoms with van der Waals surface area (Å²) in [5.41, 5.74) is 2.69. The Balaban J connectivity index is 1.52. The molecule has 4 heteroatoms. The number of unbranched alkanes of at least 4 members (excludes halogenated alkanes) is 2. The molecule has 2 aromatic rings. The van der Waals surface area contributed by atoms with Crippen LogP contribution in [0.4, 0.5) is 0 Å². The van der Waals surface area contributed by atoms with Gasteiger partial charge in [0.2, 0.25) is 0 Å². The van der Waals surface area contributed by atoms with Crippen molar-refractivity contribution in [1.82, 2.24) is 9.97 Å². The highest BCUT2D eigenvalue weighted by Gasteiger charge is 2.23. The van der Waals surface area contributed by atoms with Gasteiger partial charge in [-0.1, -0.05) is 51.7 Å². The van der Waals surface area contributed by atoms with E-state index in [2.05, 4.69) is 23.8 Å². The second-order valence-corrected chi connectivity index (χ2v) is 8.29. The number of carbonyl (C=O) groups is 1. The van der Waals surface area contributed by atoms with Crippen molar-refractivity contribution in [3.05, 3.63) is 47.8 Å². The summed E-state index contributed by atoms with van der Waals surface area (Å²) in [6, 6.07) is 7.44. The maximum Gasteiger partial charge on any atom is 0.338 e. The first-order valence-electron chi connectivity index (χ1n) is 11.3. The minimum atomic E-state index is -0.220. The fraction of sp³-hybridized carbons (Fsp3) is 0.560. The molecule has 0 N–H and O–H groups in total. The maximum atomic E-state index is 12.5. The van der Waals surface area contributed by atoms with E-state index in [0.717, 1.165) is 30.7 Å². The zero-order chi connectivity index (χ0) is 20.5. The Labute approximate surface area is 175 Å². The van der Waals surface area contributed by atoms with E-state index in [1.807, 2.05) is 36.7 Å². The van der Waals surface area contributed by atoms with Gasteiger partial charge in [0.1, 0.15) is 6.10 Å². The molecule has 4 nitrogen and oxygen atoms in total. The van der Waals surface area contributed by atoms with E-state index in [4.69, 9.17) is 4.74 Å². The average Bonchev–Trinajstić information content (AvgIpc) is 2.76. The van der Waals surface area contributed by atoms with Crippen molar-refractivity contribution >= 4 is 5.97 Å². The summed E-state index contributed by atoms with van der Waals surface area (Å²) >= 11 is 0. The highest BCUT2D eigenvalue weighted by Crippen LogP contribution is 2.29. The lowest BCUT2D eigenvalue weighted by Crippen LogP contribution is -2.24. The predicted molar refractivity (Wildman–Crippen MR) is 117 cm³/mol. The van der Waals surface area contributed by atoms with Crippen LogP contribution in [0.3, 0.4) is 0 Å². The van der Waals surface area contributed by atoms with E-state index in [0.29, 0.717) is 11.4 Å². The van der Waals surface area contributed by atoms with Gasteiger partial charge < -0.3 is 4.74 Å². The molecule has 3 rings (SSSR count). The fourth-order valence-electron chi connectivity index (χ4n) is 4.13. The number of aryl methyl sites for hydroxylation is 1. The molecule has 1 saturated carbocycles. The minimum absolute atomic E-state index is 0.0684. The first kappa shape index (κ1) is 21.5. The second kappa shape index (κ2) is 11.1. The number of aromatic nitrogens is 2.